The Balaban J connectivity index is 1.93. The molecule has 3 N–H and O–H groups in total. The smallest absolute Gasteiger partial charge is 0.0936 e. The van der Waals surface area contributed by atoms with Crippen LogP contribution in [0.2, 0.25) is 0 Å². The summed E-state index contributed by atoms with van der Waals surface area (Å²) in [7, 11) is 2.13. The molecule has 94 valence electrons. The van der Waals surface area contributed by atoms with Gasteiger partial charge in [-0.25, -0.2) is 0 Å². The van der Waals surface area contributed by atoms with Crippen LogP contribution in [0.1, 0.15) is 11.7 Å². The van der Waals surface area contributed by atoms with Crippen LogP contribution in [0.5, 0.6) is 0 Å². The topological polar surface area (TPSA) is 52.7 Å². The van der Waals surface area contributed by atoms with Crippen LogP contribution in [0.3, 0.4) is 0 Å². The number of nitrogens with zero attached hydrogens (tertiary/aromatic N) is 2. The second-order valence-electron chi connectivity index (χ2n) is 4.75. The SMILES string of the molecule is CN1CCN(CC(O)c2ccccc2N)CC1. The van der Waals surface area contributed by atoms with Gasteiger partial charge in [0.1, 0.15) is 0 Å². The van der Waals surface area contributed by atoms with Crippen molar-refractivity contribution in [1.29, 1.82) is 0 Å². The fourth-order valence-electron chi connectivity index (χ4n) is 2.19. The Morgan fingerprint density at radius 2 is 1.88 bits per heavy atom. The zero-order chi connectivity index (χ0) is 12.3. The zero-order valence-corrected chi connectivity index (χ0v) is 10.3. The molecule has 1 atom stereocenters. The third-order valence-corrected chi connectivity index (χ3v) is 3.38. The van der Waals surface area contributed by atoms with Crippen LogP contribution in [0.25, 0.3) is 0 Å². The minimum absolute atomic E-state index is 0.486. The maximum absolute atomic E-state index is 10.2. The fourth-order valence-corrected chi connectivity index (χ4v) is 2.19. The molecule has 0 aliphatic carbocycles. The molecule has 1 unspecified atom stereocenters. The summed E-state index contributed by atoms with van der Waals surface area (Å²) < 4.78 is 0. The molecule has 0 aromatic heterocycles. The van der Waals surface area contributed by atoms with Gasteiger partial charge in [0.2, 0.25) is 0 Å². The normalized spacial score (nSPS) is 20.4. The molecule has 4 nitrogen and oxygen atoms in total. The third kappa shape index (κ3) is 3.19. The quantitative estimate of drug-likeness (QED) is 0.751. The highest BCUT2D eigenvalue weighted by molar-refractivity contribution is 5.47. The minimum atomic E-state index is -0.486. The van der Waals surface area contributed by atoms with Crippen LogP contribution in [0.15, 0.2) is 24.3 Å². The molecule has 0 saturated carbocycles. The van der Waals surface area contributed by atoms with Crippen LogP contribution in [0, 0.1) is 0 Å². The van der Waals surface area contributed by atoms with E-state index in [2.05, 4.69) is 16.8 Å². The van der Waals surface area contributed by atoms with Crippen molar-refractivity contribution in [2.45, 2.75) is 6.10 Å². The number of nitrogen functional groups attached to an aromatic ring is 1. The van der Waals surface area contributed by atoms with Gasteiger partial charge in [0.05, 0.1) is 6.10 Å². The van der Waals surface area contributed by atoms with Crippen molar-refractivity contribution in [3.05, 3.63) is 29.8 Å². The van der Waals surface area contributed by atoms with E-state index >= 15 is 0 Å². The van der Waals surface area contributed by atoms with Gasteiger partial charge in [-0.3, -0.25) is 4.90 Å². The lowest BCUT2D eigenvalue weighted by atomic mass is 10.1. The number of nitrogens with two attached hydrogens (primary N) is 1. The number of anilines is 1. The molecule has 1 aliphatic rings. The van der Waals surface area contributed by atoms with E-state index < -0.39 is 6.10 Å². The van der Waals surface area contributed by atoms with Gasteiger partial charge in [-0.1, -0.05) is 18.2 Å². The molecule has 1 aromatic rings. The molecular weight excluding hydrogens is 214 g/mol. The summed E-state index contributed by atoms with van der Waals surface area (Å²) in [5.74, 6) is 0. The van der Waals surface area contributed by atoms with Crippen molar-refractivity contribution in [1.82, 2.24) is 9.80 Å². The van der Waals surface area contributed by atoms with E-state index in [4.69, 9.17) is 5.73 Å². The number of hydrogen-bond acceptors (Lipinski definition) is 4. The number of likely N-dealkylation sites (N-methyl/N-ethyl adjacent to an activating group) is 1. The van der Waals surface area contributed by atoms with Crippen molar-refractivity contribution in [2.75, 3.05) is 45.5 Å². The molecule has 0 bridgehead atoms. The van der Waals surface area contributed by atoms with Gasteiger partial charge in [0, 0.05) is 44.0 Å². The fraction of sp³-hybridized carbons (Fsp3) is 0.538. The molecule has 1 heterocycles. The van der Waals surface area contributed by atoms with E-state index in [1.165, 1.54) is 0 Å². The number of hydrogen-bond donors (Lipinski definition) is 2. The summed E-state index contributed by atoms with van der Waals surface area (Å²) >= 11 is 0. The van der Waals surface area contributed by atoms with Crippen molar-refractivity contribution in [3.8, 4) is 0 Å². The molecule has 0 radical (unpaired) electrons. The Morgan fingerprint density at radius 3 is 2.53 bits per heavy atom. The van der Waals surface area contributed by atoms with E-state index in [0.717, 1.165) is 31.7 Å². The summed E-state index contributed by atoms with van der Waals surface area (Å²) in [6.07, 6.45) is -0.486. The van der Waals surface area contributed by atoms with Crippen LogP contribution in [0.4, 0.5) is 5.69 Å². The number of benzene rings is 1. The second kappa shape index (κ2) is 5.49. The summed E-state index contributed by atoms with van der Waals surface area (Å²) in [4.78, 5) is 4.59. The van der Waals surface area contributed by atoms with Crippen molar-refractivity contribution >= 4 is 5.69 Å². The maximum Gasteiger partial charge on any atom is 0.0936 e. The number of aliphatic hydroxyl groups excluding tert-OH is 1. The predicted octanol–water partition coefficient (Wildman–Crippen LogP) is 0.550. The van der Waals surface area contributed by atoms with Crippen LogP contribution < -0.4 is 5.73 Å². The highest BCUT2D eigenvalue weighted by atomic mass is 16.3. The molecule has 4 heteroatoms. The predicted molar refractivity (Wildman–Crippen MR) is 69.8 cm³/mol. The van der Waals surface area contributed by atoms with E-state index in [0.29, 0.717) is 12.2 Å². The van der Waals surface area contributed by atoms with E-state index in [9.17, 15) is 5.11 Å². The highest BCUT2D eigenvalue weighted by Crippen LogP contribution is 2.21. The van der Waals surface area contributed by atoms with Crippen molar-refractivity contribution < 1.29 is 5.11 Å². The summed E-state index contributed by atoms with van der Waals surface area (Å²) in [6, 6.07) is 7.54. The largest absolute Gasteiger partial charge is 0.398 e. The summed E-state index contributed by atoms with van der Waals surface area (Å²) in [5.41, 5.74) is 7.38. The van der Waals surface area contributed by atoms with Gasteiger partial charge < -0.3 is 15.7 Å². The van der Waals surface area contributed by atoms with Crippen LogP contribution >= 0.6 is 0 Å². The first kappa shape index (κ1) is 12.4. The maximum atomic E-state index is 10.2. The van der Waals surface area contributed by atoms with Gasteiger partial charge in [0.15, 0.2) is 0 Å². The Hall–Kier alpha value is -1.10. The standard InChI is InChI=1S/C13H21N3O/c1-15-6-8-16(9-7-15)10-13(17)11-4-2-3-5-12(11)14/h2-5,13,17H,6-10,14H2,1H3. The number of β-amino-alcohol motifs (C(OH)–C–C–N with tert-alkyl or cyclic N) is 1. The Morgan fingerprint density at radius 1 is 1.24 bits per heavy atom. The first-order valence-electron chi connectivity index (χ1n) is 6.10. The molecule has 1 saturated heterocycles. The van der Waals surface area contributed by atoms with Crippen LogP contribution in [-0.2, 0) is 0 Å². The zero-order valence-electron chi connectivity index (χ0n) is 10.3. The lowest BCUT2D eigenvalue weighted by molar-refractivity contribution is 0.0809. The molecule has 17 heavy (non-hydrogen) atoms. The lowest BCUT2D eigenvalue weighted by Crippen LogP contribution is -2.45. The molecule has 1 aromatic carbocycles. The van der Waals surface area contributed by atoms with Gasteiger partial charge in [-0.2, -0.15) is 0 Å². The average Bonchev–Trinajstić information content (AvgIpc) is 2.32. The highest BCUT2D eigenvalue weighted by Gasteiger charge is 2.18. The first-order chi connectivity index (χ1) is 8.16. The molecular formula is C13H21N3O. The number of aliphatic hydroxyl groups is 1. The lowest BCUT2D eigenvalue weighted by Gasteiger charge is -2.33. The van der Waals surface area contributed by atoms with Gasteiger partial charge in [-0.05, 0) is 13.1 Å². The minimum Gasteiger partial charge on any atom is -0.398 e. The van der Waals surface area contributed by atoms with Gasteiger partial charge in [-0.15, -0.1) is 0 Å². The van der Waals surface area contributed by atoms with E-state index in [-0.39, 0.29) is 0 Å². The molecule has 1 fully saturated rings. The second-order valence-corrected chi connectivity index (χ2v) is 4.75. The number of para-hydroxylation sites is 1. The van der Waals surface area contributed by atoms with Gasteiger partial charge >= 0.3 is 0 Å². The Labute approximate surface area is 103 Å². The Kier molecular flexibility index (Phi) is 3.99. The summed E-state index contributed by atoms with van der Waals surface area (Å²) in [5, 5.41) is 10.2. The number of piperazine rings is 1. The third-order valence-electron chi connectivity index (χ3n) is 3.38. The summed E-state index contributed by atoms with van der Waals surface area (Å²) in [6.45, 7) is 4.83. The first-order valence-corrected chi connectivity index (χ1v) is 6.10. The molecule has 0 amide bonds. The van der Waals surface area contributed by atoms with Crippen LogP contribution in [-0.4, -0.2) is 54.7 Å². The Bertz CT molecular complexity index is 361. The van der Waals surface area contributed by atoms with E-state index in [1.807, 2.05) is 24.3 Å². The van der Waals surface area contributed by atoms with Crippen molar-refractivity contribution in [3.63, 3.8) is 0 Å². The van der Waals surface area contributed by atoms with Crippen molar-refractivity contribution in [2.24, 2.45) is 0 Å². The molecule has 1 aliphatic heterocycles. The van der Waals surface area contributed by atoms with E-state index in [1.54, 1.807) is 0 Å². The number of rotatable bonds is 3. The average molecular weight is 235 g/mol. The molecule has 0 spiro atoms. The van der Waals surface area contributed by atoms with Gasteiger partial charge in [0.25, 0.3) is 0 Å². The molecule has 2 rings (SSSR count). The monoisotopic (exact) mass is 235 g/mol.